The van der Waals surface area contributed by atoms with Crippen molar-refractivity contribution >= 4 is 6.41 Å². The number of hydrogen-bond acceptors (Lipinski definition) is 3. The number of aromatic nitrogens is 1. The Kier molecular flexibility index (Phi) is 5.50. The molecule has 2 rings (SSSR count). The molecule has 1 aliphatic rings. The highest BCUT2D eigenvalue weighted by molar-refractivity contribution is 5.47. The van der Waals surface area contributed by atoms with E-state index in [2.05, 4.69) is 16.4 Å². The van der Waals surface area contributed by atoms with Crippen LogP contribution in [-0.2, 0) is 4.79 Å². The van der Waals surface area contributed by atoms with Gasteiger partial charge in [0.2, 0.25) is 6.41 Å². The fraction of sp³-hybridized carbons (Fsp3) is 0.500. The highest BCUT2D eigenvalue weighted by Crippen LogP contribution is 1.94. The Morgan fingerprint density at radius 2 is 2.00 bits per heavy atom. The quantitative estimate of drug-likeness (QED) is 0.712. The van der Waals surface area contributed by atoms with Crippen molar-refractivity contribution in [3.63, 3.8) is 0 Å². The third kappa shape index (κ3) is 4.89. The van der Waals surface area contributed by atoms with E-state index < -0.39 is 0 Å². The molecule has 0 aliphatic carbocycles. The molecule has 16 heavy (non-hydrogen) atoms. The van der Waals surface area contributed by atoms with Gasteiger partial charge in [-0.25, -0.2) is 0 Å². The van der Waals surface area contributed by atoms with Gasteiger partial charge in [-0.3, -0.25) is 9.78 Å². The molecule has 0 radical (unpaired) electrons. The van der Waals surface area contributed by atoms with Crippen LogP contribution in [0.1, 0.15) is 11.3 Å². The fourth-order valence-corrected chi connectivity index (χ4v) is 1.33. The van der Waals surface area contributed by atoms with Gasteiger partial charge in [0.25, 0.3) is 0 Å². The molecular formula is C12H19N3O. The molecule has 1 fully saturated rings. The molecule has 1 aliphatic heterocycles. The zero-order chi connectivity index (χ0) is 11.8. The molecule has 0 saturated carbocycles. The van der Waals surface area contributed by atoms with Crippen molar-refractivity contribution in [2.75, 3.05) is 26.2 Å². The van der Waals surface area contributed by atoms with Crippen LogP contribution in [0.2, 0.25) is 0 Å². The summed E-state index contributed by atoms with van der Waals surface area (Å²) in [7, 11) is 0. The van der Waals surface area contributed by atoms with Crippen LogP contribution in [0.4, 0.5) is 0 Å². The van der Waals surface area contributed by atoms with Gasteiger partial charge in [0.15, 0.2) is 0 Å². The summed E-state index contributed by atoms with van der Waals surface area (Å²) in [5.41, 5.74) is 2.30. The van der Waals surface area contributed by atoms with Gasteiger partial charge in [-0.05, 0) is 25.5 Å². The molecule has 1 amide bonds. The number of pyridine rings is 1. The smallest absolute Gasteiger partial charge is 0.209 e. The van der Waals surface area contributed by atoms with E-state index in [4.69, 9.17) is 0 Å². The lowest BCUT2D eigenvalue weighted by Gasteiger charge is -2.22. The maximum atomic E-state index is 10.1. The molecule has 1 saturated heterocycles. The standard InChI is InChI=1S/C7H9N.C5H10N2O/c1-6-3-4-7(2)8-5-6;8-5-7-3-1-6-2-4-7/h3-5H,1-2H3;5-6H,1-4H2. The van der Waals surface area contributed by atoms with Crippen molar-refractivity contribution < 1.29 is 4.79 Å². The summed E-state index contributed by atoms with van der Waals surface area (Å²) in [5, 5.41) is 3.15. The Balaban J connectivity index is 0.000000160. The van der Waals surface area contributed by atoms with Gasteiger partial charge in [0.05, 0.1) is 0 Å². The van der Waals surface area contributed by atoms with Crippen LogP contribution in [-0.4, -0.2) is 42.5 Å². The van der Waals surface area contributed by atoms with Gasteiger partial charge < -0.3 is 10.2 Å². The topological polar surface area (TPSA) is 45.2 Å². The summed E-state index contributed by atoms with van der Waals surface area (Å²) in [4.78, 5) is 15.9. The fourth-order valence-electron chi connectivity index (χ4n) is 1.33. The second kappa shape index (κ2) is 6.95. The molecule has 0 aromatic carbocycles. The first-order valence-corrected chi connectivity index (χ1v) is 5.51. The van der Waals surface area contributed by atoms with Crippen molar-refractivity contribution in [1.82, 2.24) is 15.2 Å². The minimum absolute atomic E-state index is 0.865. The van der Waals surface area contributed by atoms with Gasteiger partial charge >= 0.3 is 0 Å². The Bertz CT molecular complexity index is 284. The first-order chi connectivity index (χ1) is 7.72. The van der Waals surface area contributed by atoms with Crippen LogP contribution in [0.25, 0.3) is 0 Å². The Hall–Kier alpha value is -1.42. The number of rotatable bonds is 1. The lowest BCUT2D eigenvalue weighted by molar-refractivity contribution is -0.118. The summed E-state index contributed by atoms with van der Waals surface area (Å²) in [6.45, 7) is 7.64. The van der Waals surface area contributed by atoms with Crippen LogP contribution in [0.5, 0.6) is 0 Å². The number of carbonyl (C=O) groups is 1. The van der Waals surface area contributed by atoms with Gasteiger partial charge in [0, 0.05) is 38.1 Å². The van der Waals surface area contributed by atoms with E-state index in [0.29, 0.717) is 0 Å². The monoisotopic (exact) mass is 221 g/mol. The largest absolute Gasteiger partial charge is 0.343 e. The lowest BCUT2D eigenvalue weighted by Crippen LogP contribution is -2.42. The van der Waals surface area contributed by atoms with Gasteiger partial charge in [-0.2, -0.15) is 0 Å². The van der Waals surface area contributed by atoms with E-state index in [9.17, 15) is 4.79 Å². The number of piperazine rings is 1. The Morgan fingerprint density at radius 1 is 1.31 bits per heavy atom. The molecule has 1 aromatic heterocycles. The first-order valence-electron chi connectivity index (χ1n) is 5.51. The summed E-state index contributed by atoms with van der Waals surface area (Å²) >= 11 is 0. The molecule has 4 nitrogen and oxygen atoms in total. The van der Waals surface area contributed by atoms with E-state index in [1.54, 1.807) is 4.90 Å². The summed E-state index contributed by atoms with van der Waals surface area (Å²) < 4.78 is 0. The maximum Gasteiger partial charge on any atom is 0.209 e. The molecule has 1 aromatic rings. The van der Waals surface area contributed by atoms with E-state index >= 15 is 0 Å². The Labute approximate surface area is 96.7 Å². The van der Waals surface area contributed by atoms with Crippen LogP contribution < -0.4 is 5.32 Å². The first kappa shape index (κ1) is 12.6. The van der Waals surface area contributed by atoms with Crippen LogP contribution >= 0.6 is 0 Å². The van der Waals surface area contributed by atoms with Crippen molar-refractivity contribution in [3.05, 3.63) is 29.6 Å². The van der Waals surface area contributed by atoms with E-state index in [0.717, 1.165) is 38.3 Å². The average molecular weight is 221 g/mol. The summed E-state index contributed by atoms with van der Waals surface area (Å²) in [6, 6.07) is 4.07. The van der Waals surface area contributed by atoms with Crippen molar-refractivity contribution in [3.8, 4) is 0 Å². The molecule has 0 spiro atoms. The van der Waals surface area contributed by atoms with Crippen molar-refractivity contribution in [1.29, 1.82) is 0 Å². The predicted molar refractivity (Wildman–Crippen MR) is 64.2 cm³/mol. The molecule has 1 N–H and O–H groups in total. The number of amides is 1. The highest BCUT2D eigenvalue weighted by Gasteiger charge is 2.04. The molecule has 0 unspecified atom stereocenters. The number of nitrogens with zero attached hydrogens (tertiary/aromatic N) is 2. The van der Waals surface area contributed by atoms with E-state index in [1.165, 1.54) is 5.56 Å². The molecule has 2 heterocycles. The molecular weight excluding hydrogens is 202 g/mol. The van der Waals surface area contributed by atoms with Gasteiger partial charge in [-0.1, -0.05) is 6.07 Å². The second-order valence-electron chi connectivity index (χ2n) is 3.87. The van der Waals surface area contributed by atoms with Crippen LogP contribution in [0.3, 0.4) is 0 Å². The SMILES string of the molecule is Cc1ccc(C)nc1.O=CN1CCNCC1. The molecule has 88 valence electrons. The maximum absolute atomic E-state index is 10.1. The van der Waals surface area contributed by atoms with Gasteiger partial charge in [0.1, 0.15) is 0 Å². The molecule has 0 atom stereocenters. The van der Waals surface area contributed by atoms with E-state index in [1.807, 2.05) is 26.1 Å². The minimum Gasteiger partial charge on any atom is -0.343 e. The van der Waals surface area contributed by atoms with Crippen molar-refractivity contribution in [2.24, 2.45) is 0 Å². The highest BCUT2D eigenvalue weighted by atomic mass is 16.1. The molecule has 4 heteroatoms. The minimum atomic E-state index is 0.865. The molecule has 0 bridgehead atoms. The zero-order valence-corrected chi connectivity index (χ0v) is 9.94. The zero-order valence-electron chi connectivity index (χ0n) is 9.94. The lowest BCUT2D eigenvalue weighted by atomic mass is 10.3. The third-order valence-corrected chi connectivity index (χ3v) is 2.36. The normalized spacial score (nSPS) is 15.0. The van der Waals surface area contributed by atoms with E-state index in [-0.39, 0.29) is 0 Å². The average Bonchev–Trinajstić information content (AvgIpc) is 2.35. The number of aryl methyl sites for hydroxylation is 2. The van der Waals surface area contributed by atoms with Gasteiger partial charge in [-0.15, -0.1) is 0 Å². The van der Waals surface area contributed by atoms with Crippen LogP contribution in [0.15, 0.2) is 18.3 Å². The predicted octanol–water partition coefficient (Wildman–Crippen LogP) is 0.746. The summed E-state index contributed by atoms with van der Waals surface area (Å²) in [5.74, 6) is 0. The Morgan fingerprint density at radius 3 is 2.38 bits per heavy atom. The number of nitrogens with one attached hydrogen (secondary N) is 1. The van der Waals surface area contributed by atoms with Crippen molar-refractivity contribution in [2.45, 2.75) is 13.8 Å². The second-order valence-corrected chi connectivity index (χ2v) is 3.87. The third-order valence-electron chi connectivity index (χ3n) is 2.36. The summed E-state index contributed by atoms with van der Waals surface area (Å²) in [6.07, 6.45) is 2.77. The number of carbonyl (C=O) groups excluding carboxylic acids is 1. The number of hydrogen-bond donors (Lipinski definition) is 1. The van der Waals surface area contributed by atoms with Crippen LogP contribution in [0, 0.1) is 13.8 Å².